The van der Waals surface area contributed by atoms with Crippen LogP contribution in [0.2, 0.25) is 0 Å². The van der Waals surface area contributed by atoms with E-state index in [0.29, 0.717) is 29.2 Å². The maximum atomic E-state index is 13.8. The van der Waals surface area contributed by atoms with Crippen LogP contribution in [0.1, 0.15) is 27.0 Å². The highest BCUT2D eigenvalue weighted by atomic mass is 19.1. The molecule has 0 fully saturated rings. The van der Waals surface area contributed by atoms with Crippen molar-refractivity contribution in [3.05, 3.63) is 107 Å². The molecular formula is C24H17FO3. The molecule has 0 spiro atoms. The van der Waals surface area contributed by atoms with Crippen LogP contribution < -0.4 is 9.47 Å². The first kappa shape index (κ1) is 17.7. The SMILES string of the molecule is C=Cc1ccc(COc2ccc3c(c2)OC(=Cc2ccccc2F)C3=O)cc1. The van der Waals surface area contributed by atoms with Gasteiger partial charge in [-0.3, -0.25) is 4.79 Å². The summed E-state index contributed by atoms with van der Waals surface area (Å²) in [5.41, 5.74) is 2.80. The van der Waals surface area contributed by atoms with Crippen LogP contribution in [-0.2, 0) is 6.61 Å². The maximum Gasteiger partial charge on any atom is 0.231 e. The van der Waals surface area contributed by atoms with Crippen LogP contribution in [0.3, 0.4) is 0 Å². The fourth-order valence-corrected chi connectivity index (χ4v) is 2.91. The van der Waals surface area contributed by atoms with Crippen LogP contribution in [-0.4, -0.2) is 5.78 Å². The summed E-state index contributed by atoms with van der Waals surface area (Å²) in [6, 6.07) is 19.2. The Bertz CT molecular complexity index is 1080. The molecule has 0 unspecified atom stereocenters. The molecule has 3 aromatic rings. The van der Waals surface area contributed by atoms with Gasteiger partial charge in [0.25, 0.3) is 0 Å². The van der Waals surface area contributed by atoms with Gasteiger partial charge in [-0.1, -0.05) is 55.1 Å². The molecule has 0 saturated heterocycles. The van der Waals surface area contributed by atoms with Crippen molar-refractivity contribution in [3.63, 3.8) is 0 Å². The first-order chi connectivity index (χ1) is 13.6. The summed E-state index contributed by atoms with van der Waals surface area (Å²) in [5, 5.41) is 0. The van der Waals surface area contributed by atoms with Gasteiger partial charge >= 0.3 is 0 Å². The zero-order valence-corrected chi connectivity index (χ0v) is 15.0. The molecule has 4 rings (SSSR count). The first-order valence-electron chi connectivity index (χ1n) is 8.81. The van der Waals surface area contributed by atoms with Crippen LogP contribution in [0, 0.1) is 5.82 Å². The predicted molar refractivity (Wildman–Crippen MR) is 107 cm³/mol. The summed E-state index contributed by atoms with van der Waals surface area (Å²) in [6.07, 6.45) is 3.20. The molecule has 28 heavy (non-hydrogen) atoms. The van der Waals surface area contributed by atoms with Crippen LogP contribution >= 0.6 is 0 Å². The molecule has 0 atom stereocenters. The van der Waals surface area contributed by atoms with Gasteiger partial charge in [0.05, 0.1) is 5.56 Å². The normalized spacial score (nSPS) is 13.9. The summed E-state index contributed by atoms with van der Waals surface area (Å²) in [5.74, 6) is 0.412. The number of halogens is 1. The van der Waals surface area contributed by atoms with Crippen molar-refractivity contribution >= 4 is 17.9 Å². The third kappa shape index (κ3) is 3.58. The minimum Gasteiger partial charge on any atom is -0.489 e. The van der Waals surface area contributed by atoms with Gasteiger partial charge in [-0.25, -0.2) is 4.39 Å². The number of allylic oxidation sites excluding steroid dienone is 1. The highest BCUT2D eigenvalue weighted by Gasteiger charge is 2.28. The van der Waals surface area contributed by atoms with Crippen LogP contribution in [0.4, 0.5) is 4.39 Å². The average molecular weight is 372 g/mol. The molecule has 1 aliphatic rings. The number of fused-ring (bicyclic) bond motifs is 1. The molecule has 0 saturated carbocycles. The van der Waals surface area contributed by atoms with E-state index in [0.717, 1.165) is 11.1 Å². The lowest BCUT2D eigenvalue weighted by Gasteiger charge is -2.07. The van der Waals surface area contributed by atoms with Gasteiger partial charge in [0, 0.05) is 11.6 Å². The molecule has 0 bridgehead atoms. The Labute approximate surface area is 162 Å². The third-order valence-electron chi connectivity index (χ3n) is 4.45. The largest absolute Gasteiger partial charge is 0.489 e. The van der Waals surface area contributed by atoms with Gasteiger partial charge in [-0.15, -0.1) is 0 Å². The van der Waals surface area contributed by atoms with Crippen LogP contribution in [0.15, 0.2) is 79.1 Å². The van der Waals surface area contributed by atoms with Gasteiger partial charge in [0.1, 0.15) is 23.9 Å². The second kappa shape index (κ2) is 7.53. The van der Waals surface area contributed by atoms with E-state index in [1.54, 1.807) is 42.5 Å². The molecule has 0 N–H and O–H groups in total. The molecule has 0 radical (unpaired) electrons. The number of benzene rings is 3. The second-order valence-electron chi connectivity index (χ2n) is 6.35. The molecule has 0 amide bonds. The van der Waals surface area contributed by atoms with E-state index in [2.05, 4.69) is 6.58 Å². The molecule has 138 valence electrons. The Morgan fingerprint density at radius 1 is 1.04 bits per heavy atom. The lowest BCUT2D eigenvalue weighted by atomic mass is 10.1. The number of Topliss-reactive ketones (excluding diaryl/α,β-unsaturated/α-hetero) is 1. The highest BCUT2D eigenvalue weighted by Crippen LogP contribution is 2.35. The number of rotatable bonds is 5. The summed E-state index contributed by atoms with van der Waals surface area (Å²) >= 11 is 0. The second-order valence-corrected chi connectivity index (χ2v) is 6.35. The van der Waals surface area contributed by atoms with E-state index in [1.165, 1.54) is 12.1 Å². The Morgan fingerprint density at radius 3 is 2.57 bits per heavy atom. The van der Waals surface area contributed by atoms with Gasteiger partial charge in [0.15, 0.2) is 5.76 Å². The zero-order chi connectivity index (χ0) is 19.5. The fraction of sp³-hybridized carbons (Fsp3) is 0.0417. The number of hydrogen-bond donors (Lipinski definition) is 0. The molecular weight excluding hydrogens is 355 g/mol. The number of ether oxygens (including phenoxy) is 2. The van der Waals surface area contributed by atoms with E-state index in [9.17, 15) is 9.18 Å². The van der Waals surface area contributed by atoms with E-state index >= 15 is 0 Å². The number of hydrogen-bond acceptors (Lipinski definition) is 3. The number of ketones is 1. The Balaban J connectivity index is 1.50. The topological polar surface area (TPSA) is 35.5 Å². The molecule has 1 aliphatic heterocycles. The lowest BCUT2D eigenvalue weighted by molar-refractivity contribution is 0.101. The molecule has 3 nitrogen and oxygen atoms in total. The summed E-state index contributed by atoms with van der Waals surface area (Å²) < 4.78 is 25.3. The van der Waals surface area contributed by atoms with Gasteiger partial charge in [0.2, 0.25) is 5.78 Å². The van der Waals surface area contributed by atoms with Crippen molar-refractivity contribution in [2.45, 2.75) is 6.61 Å². The molecule has 0 aromatic heterocycles. The van der Waals surface area contributed by atoms with E-state index in [4.69, 9.17) is 9.47 Å². The van der Waals surface area contributed by atoms with Crippen LogP contribution in [0.5, 0.6) is 11.5 Å². The van der Waals surface area contributed by atoms with Crippen molar-refractivity contribution in [2.24, 2.45) is 0 Å². The van der Waals surface area contributed by atoms with Crippen molar-refractivity contribution < 1.29 is 18.7 Å². The first-order valence-corrected chi connectivity index (χ1v) is 8.81. The molecule has 0 aliphatic carbocycles. The van der Waals surface area contributed by atoms with E-state index in [1.807, 2.05) is 24.3 Å². The quantitative estimate of drug-likeness (QED) is 0.542. The number of carbonyl (C=O) groups excluding carboxylic acids is 1. The molecule has 3 aromatic carbocycles. The zero-order valence-electron chi connectivity index (χ0n) is 15.0. The van der Waals surface area contributed by atoms with Crippen molar-refractivity contribution in [3.8, 4) is 11.5 Å². The Kier molecular flexibility index (Phi) is 4.77. The lowest BCUT2D eigenvalue weighted by Crippen LogP contribution is -1.98. The minimum atomic E-state index is -0.408. The molecule has 4 heteroatoms. The van der Waals surface area contributed by atoms with Crippen molar-refractivity contribution in [1.29, 1.82) is 0 Å². The summed E-state index contributed by atoms with van der Waals surface area (Å²) in [6.45, 7) is 4.12. The minimum absolute atomic E-state index is 0.0947. The summed E-state index contributed by atoms with van der Waals surface area (Å²) in [7, 11) is 0. The van der Waals surface area contributed by atoms with E-state index < -0.39 is 5.82 Å². The van der Waals surface area contributed by atoms with Crippen LogP contribution in [0.25, 0.3) is 12.2 Å². The maximum absolute atomic E-state index is 13.8. The third-order valence-corrected chi connectivity index (χ3v) is 4.45. The van der Waals surface area contributed by atoms with E-state index in [-0.39, 0.29) is 11.5 Å². The Hall–Kier alpha value is -3.66. The van der Waals surface area contributed by atoms with Gasteiger partial charge in [-0.2, -0.15) is 0 Å². The smallest absolute Gasteiger partial charge is 0.231 e. The van der Waals surface area contributed by atoms with Crippen molar-refractivity contribution in [2.75, 3.05) is 0 Å². The summed E-state index contributed by atoms with van der Waals surface area (Å²) in [4.78, 5) is 12.5. The highest BCUT2D eigenvalue weighted by molar-refractivity contribution is 6.14. The monoisotopic (exact) mass is 372 g/mol. The van der Waals surface area contributed by atoms with Crippen molar-refractivity contribution in [1.82, 2.24) is 0 Å². The average Bonchev–Trinajstić information content (AvgIpc) is 3.03. The Morgan fingerprint density at radius 2 is 1.82 bits per heavy atom. The van der Waals surface area contributed by atoms with Gasteiger partial charge < -0.3 is 9.47 Å². The predicted octanol–water partition coefficient (Wildman–Crippen LogP) is 5.66. The molecule has 1 heterocycles. The number of carbonyl (C=O) groups is 1. The standard InChI is InChI=1S/C24H17FO3/c1-2-16-7-9-17(10-8-16)15-27-19-11-12-20-22(14-19)28-23(24(20)26)13-18-5-3-4-6-21(18)25/h2-14H,1,15H2. The van der Waals surface area contributed by atoms with Gasteiger partial charge in [-0.05, 0) is 35.4 Å². The fourth-order valence-electron chi connectivity index (χ4n) is 2.91.